The summed E-state index contributed by atoms with van der Waals surface area (Å²) in [4.78, 5) is 16.2. The molecule has 2 atom stereocenters. The van der Waals surface area contributed by atoms with Gasteiger partial charge in [-0.05, 0) is 48.9 Å². The second-order valence-electron chi connectivity index (χ2n) is 8.81. The number of hydrogen-bond donors (Lipinski definition) is 1. The quantitative estimate of drug-likeness (QED) is 0.287. The van der Waals surface area contributed by atoms with E-state index in [1.54, 1.807) is 46.6 Å². The Morgan fingerprint density at radius 1 is 1.08 bits per heavy atom. The second kappa shape index (κ2) is 9.77. The molecule has 1 N–H and O–H groups in total. The minimum Gasteiger partial charge on any atom is -0.484 e. The largest absolute Gasteiger partial charge is 0.484 e. The maximum atomic E-state index is 14.1. The fourth-order valence-corrected chi connectivity index (χ4v) is 4.21. The van der Waals surface area contributed by atoms with Crippen LogP contribution >= 0.6 is 0 Å². The first kappa shape index (κ1) is 25.2. The van der Waals surface area contributed by atoms with Crippen molar-refractivity contribution in [2.75, 3.05) is 0 Å². The molecule has 1 amide bonds. The highest BCUT2D eigenvalue weighted by molar-refractivity contribution is 5.83. The average Bonchev–Trinajstić information content (AvgIpc) is 3.51. The van der Waals surface area contributed by atoms with Gasteiger partial charge in [0, 0.05) is 23.9 Å². The molecule has 5 rings (SSSR count). The molecule has 5 aromatic rings. The Labute approximate surface area is 213 Å². The molecule has 12 heteroatoms. The Balaban J connectivity index is 1.51. The van der Waals surface area contributed by atoms with E-state index < -0.39 is 35.6 Å². The third-order valence-corrected chi connectivity index (χ3v) is 6.04. The van der Waals surface area contributed by atoms with E-state index >= 15 is 0 Å². The van der Waals surface area contributed by atoms with Crippen molar-refractivity contribution in [1.29, 1.82) is 0 Å². The molecule has 38 heavy (non-hydrogen) atoms. The average molecular weight is 526 g/mol. The van der Waals surface area contributed by atoms with Crippen LogP contribution in [0.2, 0.25) is 0 Å². The summed E-state index contributed by atoms with van der Waals surface area (Å²) in [5.41, 5.74) is 1.39. The Morgan fingerprint density at radius 3 is 2.55 bits per heavy atom. The van der Waals surface area contributed by atoms with Crippen molar-refractivity contribution in [3.05, 3.63) is 84.3 Å². The van der Waals surface area contributed by atoms with Gasteiger partial charge in [-0.25, -0.2) is 18.4 Å². The lowest BCUT2D eigenvalue weighted by atomic mass is 9.99. The van der Waals surface area contributed by atoms with Crippen LogP contribution in [0.5, 0.6) is 5.75 Å². The Hall–Kier alpha value is -4.48. The van der Waals surface area contributed by atoms with Crippen molar-refractivity contribution >= 4 is 22.5 Å². The minimum atomic E-state index is -3.65. The summed E-state index contributed by atoms with van der Waals surface area (Å²) in [5, 5.41) is 11.6. The van der Waals surface area contributed by atoms with Crippen molar-refractivity contribution < 1.29 is 27.1 Å². The molecule has 0 saturated carbocycles. The fraction of sp³-hybridized carbons (Fsp3) is 0.231. The van der Waals surface area contributed by atoms with E-state index in [0.29, 0.717) is 35.4 Å². The summed E-state index contributed by atoms with van der Waals surface area (Å²) < 4.78 is 64.8. The number of aromatic nitrogens is 5. The van der Waals surface area contributed by atoms with Gasteiger partial charge in [-0.3, -0.25) is 4.79 Å². The van der Waals surface area contributed by atoms with Gasteiger partial charge in [0.05, 0.1) is 17.8 Å². The number of nitrogens with zero attached hydrogens (tertiary/aromatic N) is 5. The lowest BCUT2D eigenvalue weighted by Gasteiger charge is -2.29. The smallest absolute Gasteiger partial charge is 0.321 e. The molecule has 0 aliphatic carbocycles. The number of carbonyl (C=O) groups excluding carboxylic acids is 1. The number of alkyl halides is 2. The maximum absolute atomic E-state index is 14.1. The molecule has 0 unspecified atom stereocenters. The van der Waals surface area contributed by atoms with E-state index in [-0.39, 0.29) is 17.7 Å². The number of hydrogen-bond acceptors (Lipinski definition) is 5. The molecule has 0 bridgehead atoms. The monoisotopic (exact) mass is 526 g/mol. The predicted molar refractivity (Wildman–Crippen MR) is 130 cm³/mol. The molecule has 2 aromatic carbocycles. The van der Waals surface area contributed by atoms with Crippen molar-refractivity contribution in [3.8, 4) is 11.6 Å². The Bertz CT molecular complexity index is 1610. The number of halogens is 4. The highest BCUT2D eigenvalue weighted by Crippen LogP contribution is 2.31. The standard InChI is InChI=1S/C26H22F4N6O2/c1-3-20(34-25(37)26(2,29)30)24(15-9-17(27)12-18(28)10-15)38-19-7-8-21-16(11-19)13-32-35(21)23-6-4-5-22-31-14-33-36(22)23/h4-14,20,24H,3H2,1-2H3,(H,34,37)/t20-,24+/m0/s1. The normalized spacial score (nSPS) is 13.5. The summed E-state index contributed by atoms with van der Waals surface area (Å²) in [7, 11) is 0. The lowest BCUT2D eigenvalue weighted by Crippen LogP contribution is -2.47. The van der Waals surface area contributed by atoms with Crippen molar-refractivity contribution in [2.24, 2.45) is 0 Å². The summed E-state index contributed by atoms with van der Waals surface area (Å²) >= 11 is 0. The molecule has 0 spiro atoms. The summed E-state index contributed by atoms with van der Waals surface area (Å²) in [6, 6.07) is 12.2. The van der Waals surface area contributed by atoms with Crippen LogP contribution in [0.3, 0.4) is 0 Å². The van der Waals surface area contributed by atoms with Gasteiger partial charge in [0.2, 0.25) is 0 Å². The zero-order valence-electron chi connectivity index (χ0n) is 20.3. The summed E-state index contributed by atoms with van der Waals surface area (Å²) in [6.45, 7) is 2.11. The summed E-state index contributed by atoms with van der Waals surface area (Å²) in [6.07, 6.45) is 2.01. The van der Waals surface area contributed by atoms with Gasteiger partial charge in [-0.2, -0.15) is 23.5 Å². The van der Waals surface area contributed by atoms with Gasteiger partial charge >= 0.3 is 5.92 Å². The van der Waals surface area contributed by atoms with Crippen LogP contribution in [-0.2, 0) is 4.79 Å². The number of amides is 1. The van der Waals surface area contributed by atoms with Gasteiger partial charge in [-0.15, -0.1) is 0 Å². The molecular weight excluding hydrogens is 504 g/mol. The van der Waals surface area contributed by atoms with Gasteiger partial charge in [0.25, 0.3) is 5.91 Å². The van der Waals surface area contributed by atoms with Crippen LogP contribution in [0.15, 0.2) is 67.1 Å². The van der Waals surface area contributed by atoms with Crippen LogP contribution in [0.25, 0.3) is 22.4 Å². The number of benzene rings is 2. The van der Waals surface area contributed by atoms with Crippen LogP contribution in [0.4, 0.5) is 17.6 Å². The SMILES string of the molecule is CC[C@H](NC(=O)C(C)(F)F)[C@H](Oc1ccc2c(cnn2-c2cccc3ncnn23)c1)c1cc(F)cc(F)c1. The van der Waals surface area contributed by atoms with Crippen molar-refractivity contribution in [2.45, 2.75) is 38.3 Å². The molecule has 196 valence electrons. The highest BCUT2D eigenvalue weighted by atomic mass is 19.3. The van der Waals surface area contributed by atoms with E-state index in [1.807, 2.05) is 12.1 Å². The Morgan fingerprint density at radius 2 is 1.84 bits per heavy atom. The maximum Gasteiger partial charge on any atom is 0.321 e. The topological polar surface area (TPSA) is 86.3 Å². The number of ether oxygens (including phenoxy) is 1. The first-order chi connectivity index (χ1) is 18.1. The van der Waals surface area contributed by atoms with Crippen LogP contribution in [-0.4, -0.2) is 42.3 Å². The molecule has 0 aliphatic heterocycles. The minimum absolute atomic E-state index is 0.0442. The third kappa shape index (κ3) is 4.89. The first-order valence-corrected chi connectivity index (χ1v) is 11.7. The van der Waals surface area contributed by atoms with Gasteiger partial charge in [-0.1, -0.05) is 13.0 Å². The van der Waals surface area contributed by atoms with Crippen LogP contribution in [0.1, 0.15) is 31.9 Å². The molecular formula is C26H22F4N6O2. The first-order valence-electron chi connectivity index (χ1n) is 11.7. The predicted octanol–water partition coefficient (Wildman–Crippen LogP) is 5.02. The number of nitrogens with one attached hydrogen (secondary N) is 1. The number of fused-ring (bicyclic) bond motifs is 2. The lowest BCUT2D eigenvalue weighted by molar-refractivity contribution is -0.144. The van der Waals surface area contributed by atoms with Crippen molar-refractivity contribution in [3.63, 3.8) is 0 Å². The van der Waals surface area contributed by atoms with E-state index in [2.05, 4.69) is 20.5 Å². The summed E-state index contributed by atoms with van der Waals surface area (Å²) in [5.74, 6) is -5.98. The van der Waals surface area contributed by atoms with E-state index in [4.69, 9.17) is 4.74 Å². The highest BCUT2D eigenvalue weighted by Gasteiger charge is 2.36. The van der Waals surface area contributed by atoms with Crippen LogP contribution in [0, 0.1) is 11.6 Å². The third-order valence-electron chi connectivity index (χ3n) is 6.04. The number of rotatable bonds is 8. The van der Waals surface area contributed by atoms with Crippen molar-refractivity contribution in [1.82, 2.24) is 29.7 Å². The van der Waals surface area contributed by atoms with E-state index in [9.17, 15) is 22.4 Å². The zero-order chi connectivity index (χ0) is 27.0. The van der Waals surface area contributed by atoms with E-state index in [0.717, 1.165) is 12.1 Å². The fourth-order valence-electron chi connectivity index (χ4n) is 4.21. The zero-order valence-corrected chi connectivity index (χ0v) is 20.3. The molecule has 0 aliphatic rings. The second-order valence-corrected chi connectivity index (χ2v) is 8.81. The molecule has 0 saturated heterocycles. The molecule has 3 aromatic heterocycles. The van der Waals surface area contributed by atoms with Gasteiger partial charge in [0.15, 0.2) is 11.5 Å². The number of pyridine rings is 1. The van der Waals surface area contributed by atoms with Gasteiger partial charge in [0.1, 0.15) is 29.8 Å². The molecule has 3 heterocycles. The molecule has 8 nitrogen and oxygen atoms in total. The van der Waals surface area contributed by atoms with Crippen LogP contribution < -0.4 is 10.1 Å². The Kier molecular flexibility index (Phi) is 6.47. The molecule has 0 fully saturated rings. The number of carbonyl (C=O) groups is 1. The van der Waals surface area contributed by atoms with Gasteiger partial charge < -0.3 is 10.1 Å². The molecule has 0 radical (unpaired) electrons. The van der Waals surface area contributed by atoms with E-state index in [1.165, 1.54) is 6.33 Å².